The van der Waals surface area contributed by atoms with Crippen molar-refractivity contribution in [1.29, 1.82) is 0 Å². The van der Waals surface area contributed by atoms with Crippen LogP contribution in [0.2, 0.25) is 0 Å². The summed E-state index contributed by atoms with van der Waals surface area (Å²) >= 11 is 1.30. The van der Waals surface area contributed by atoms with E-state index in [2.05, 4.69) is 0 Å². The van der Waals surface area contributed by atoms with E-state index in [-0.39, 0.29) is 0 Å². The van der Waals surface area contributed by atoms with Gasteiger partial charge in [0.05, 0.1) is 5.69 Å². The molecule has 2 aromatic rings. The fourth-order valence-corrected chi connectivity index (χ4v) is 5.11. The fourth-order valence-electron chi connectivity index (χ4n) is 2.16. The Bertz CT molecular complexity index is 708. The van der Waals surface area contributed by atoms with Gasteiger partial charge in [0, 0.05) is 11.4 Å². The lowest BCUT2D eigenvalue weighted by Crippen LogP contribution is -2.30. The molecule has 4 nitrogen and oxygen atoms in total. The Labute approximate surface area is 130 Å². The monoisotopic (exact) mass is 324 g/mol. The summed E-state index contributed by atoms with van der Waals surface area (Å²) in [6.45, 7) is 4.72. The molecule has 0 unspecified atom stereocenters. The topological polar surface area (TPSA) is 63.4 Å². The van der Waals surface area contributed by atoms with Gasteiger partial charge in [-0.25, -0.2) is 8.42 Å². The lowest BCUT2D eigenvalue weighted by atomic mass is 10.2. The highest BCUT2D eigenvalue weighted by atomic mass is 32.2. The summed E-state index contributed by atoms with van der Waals surface area (Å²) in [6.07, 6.45) is 0.705. The Kier molecular flexibility index (Phi) is 5.03. The highest BCUT2D eigenvalue weighted by Crippen LogP contribution is 2.29. The maximum absolute atomic E-state index is 12.8. The highest BCUT2D eigenvalue weighted by molar-refractivity contribution is 7.94. The lowest BCUT2D eigenvalue weighted by molar-refractivity contribution is 0.594. The van der Waals surface area contributed by atoms with Gasteiger partial charge < -0.3 is 5.73 Å². The van der Waals surface area contributed by atoms with E-state index in [1.165, 1.54) is 15.6 Å². The van der Waals surface area contributed by atoms with Gasteiger partial charge in [-0.1, -0.05) is 12.1 Å². The molecule has 21 heavy (non-hydrogen) atoms. The van der Waals surface area contributed by atoms with Crippen LogP contribution in [-0.2, 0) is 16.4 Å². The Morgan fingerprint density at radius 1 is 1.24 bits per heavy atom. The van der Waals surface area contributed by atoms with Crippen molar-refractivity contribution in [3.63, 3.8) is 0 Å². The molecule has 0 aliphatic carbocycles. The van der Waals surface area contributed by atoms with Crippen LogP contribution in [0.1, 0.15) is 17.4 Å². The maximum atomic E-state index is 12.8. The molecule has 0 radical (unpaired) electrons. The minimum Gasteiger partial charge on any atom is -0.330 e. The zero-order chi connectivity index (χ0) is 15.5. The Morgan fingerprint density at radius 3 is 2.62 bits per heavy atom. The fraction of sp³-hybridized carbons (Fsp3) is 0.333. The van der Waals surface area contributed by atoms with E-state index < -0.39 is 10.0 Å². The first-order valence-electron chi connectivity index (χ1n) is 6.87. The van der Waals surface area contributed by atoms with Crippen LogP contribution in [0.25, 0.3) is 0 Å². The molecule has 0 fully saturated rings. The van der Waals surface area contributed by atoms with Crippen molar-refractivity contribution >= 4 is 27.0 Å². The molecule has 0 spiro atoms. The van der Waals surface area contributed by atoms with Crippen molar-refractivity contribution in [2.75, 3.05) is 17.4 Å². The molecule has 2 N–H and O–H groups in total. The smallest absolute Gasteiger partial charge is 0.273 e. The molecule has 0 bridgehead atoms. The molecular formula is C15H20N2O2S2. The van der Waals surface area contributed by atoms with E-state index in [1.807, 2.05) is 44.2 Å². The van der Waals surface area contributed by atoms with Crippen LogP contribution in [0.5, 0.6) is 0 Å². The second-order valence-corrected chi connectivity index (χ2v) is 8.03. The first-order valence-corrected chi connectivity index (χ1v) is 9.13. The third-order valence-corrected chi connectivity index (χ3v) is 6.66. The van der Waals surface area contributed by atoms with Crippen molar-refractivity contribution in [2.24, 2.45) is 5.73 Å². The molecular weight excluding hydrogens is 304 g/mol. The summed E-state index contributed by atoms with van der Waals surface area (Å²) in [5.74, 6) is 0. The summed E-state index contributed by atoms with van der Waals surface area (Å²) in [5.41, 5.74) is 7.26. The average Bonchev–Trinajstić information content (AvgIpc) is 2.89. The van der Waals surface area contributed by atoms with Crippen LogP contribution in [0.3, 0.4) is 0 Å². The van der Waals surface area contributed by atoms with Gasteiger partial charge in [0.2, 0.25) is 0 Å². The van der Waals surface area contributed by atoms with Crippen LogP contribution >= 0.6 is 11.3 Å². The zero-order valence-electron chi connectivity index (χ0n) is 12.2. The van der Waals surface area contributed by atoms with Crippen LogP contribution < -0.4 is 10.0 Å². The summed E-state index contributed by atoms with van der Waals surface area (Å²) in [5, 5.41) is 0. The van der Waals surface area contributed by atoms with Gasteiger partial charge in [-0.3, -0.25) is 4.31 Å². The van der Waals surface area contributed by atoms with Crippen LogP contribution in [0, 0.1) is 6.92 Å². The molecule has 0 amide bonds. The third kappa shape index (κ3) is 3.45. The van der Waals surface area contributed by atoms with Crippen molar-refractivity contribution in [3.05, 3.63) is 46.8 Å². The number of sulfonamides is 1. The highest BCUT2D eigenvalue weighted by Gasteiger charge is 2.25. The van der Waals surface area contributed by atoms with Gasteiger partial charge in [0.15, 0.2) is 0 Å². The quantitative estimate of drug-likeness (QED) is 0.888. The summed E-state index contributed by atoms with van der Waals surface area (Å²) < 4.78 is 27.4. The number of thiophene rings is 1. The van der Waals surface area contributed by atoms with Crippen LogP contribution in [0.4, 0.5) is 5.69 Å². The number of rotatable bonds is 6. The van der Waals surface area contributed by atoms with E-state index >= 15 is 0 Å². The molecule has 6 heteroatoms. The van der Waals surface area contributed by atoms with Gasteiger partial charge in [-0.15, -0.1) is 11.3 Å². The number of nitrogens with zero attached hydrogens (tertiary/aromatic N) is 1. The van der Waals surface area contributed by atoms with Crippen molar-refractivity contribution in [2.45, 2.75) is 24.5 Å². The minimum atomic E-state index is -3.51. The van der Waals surface area contributed by atoms with E-state index in [9.17, 15) is 8.42 Å². The number of benzene rings is 1. The van der Waals surface area contributed by atoms with Crippen molar-refractivity contribution in [3.8, 4) is 0 Å². The first kappa shape index (κ1) is 16.0. The third-order valence-electron chi connectivity index (χ3n) is 3.15. The molecule has 0 atom stereocenters. The Hall–Kier alpha value is -1.37. The van der Waals surface area contributed by atoms with E-state index in [0.717, 1.165) is 10.4 Å². The van der Waals surface area contributed by atoms with Gasteiger partial charge in [-0.05, 0) is 56.6 Å². The van der Waals surface area contributed by atoms with Crippen molar-refractivity contribution < 1.29 is 8.42 Å². The van der Waals surface area contributed by atoms with Crippen LogP contribution in [-0.4, -0.2) is 21.5 Å². The summed E-state index contributed by atoms with van der Waals surface area (Å²) in [6, 6.07) is 11.0. The van der Waals surface area contributed by atoms with E-state index in [0.29, 0.717) is 29.4 Å². The second-order valence-electron chi connectivity index (χ2n) is 4.77. The predicted molar refractivity (Wildman–Crippen MR) is 88.5 cm³/mol. The predicted octanol–water partition coefficient (Wildman–Crippen LogP) is 2.77. The number of aryl methyl sites for hydroxylation is 1. The summed E-state index contributed by atoms with van der Waals surface area (Å²) in [4.78, 5) is 0.997. The number of hydrogen-bond donors (Lipinski definition) is 1. The molecule has 1 aromatic carbocycles. The van der Waals surface area contributed by atoms with E-state index in [4.69, 9.17) is 5.73 Å². The molecule has 0 aliphatic heterocycles. The average molecular weight is 324 g/mol. The lowest BCUT2D eigenvalue weighted by Gasteiger charge is -2.22. The molecule has 1 heterocycles. The SMILES string of the molecule is CCN(c1cccc(C)c1)S(=O)(=O)c1ccc(CCN)s1. The maximum Gasteiger partial charge on any atom is 0.273 e. The molecule has 0 saturated heterocycles. The van der Waals surface area contributed by atoms with Gasteiger partial charge >= 0.3 is 0 Å². The second kappa shape index (κ2) is 6.60. The molecule has 114 valence electrons. The van der Waals surface area contributed by atoms with Gasteiger partial charge in [0.1, 0.15) is 4.21 Å². The molecule has 0 saturated carbocycles. The first-order chi connectivity index (χ1) is 9.98. The van der Waals surface area contributed by atoms with Crippen molar-refractivity contribution in [1.82, 2.24) is 0 Å². The normalized spacial score (nSPS) is 11.6. The minimum absolute atomic E-state index is 0.370. The van der Waals surface area contributed by atoms with Gasteiger partial charge in [0.25, 0.3) is 10.0 Å². The molecule has 0 aliphatic rings. The Balaban J connectivity index is 2.39. The number of anilines is 1. The number of nitrogens with two attached hydrogens (primary N) is 1. The molecule has 1 aromatic heterocycles. The number of hydrogen-bond acceptors (Lipinski definition) is 4. The Morgan fingerprint density at radius 2 is 2.00 bits per heavy atom. The van der Waals surface area contributed by atoms with E-state index in [1.54, 1.807) is 6.07 Å². The van der Waals surface area contributed by atoms with Crippen LogP contribution in [0.15, 0.2) is 40.6 Å². The largest absolute Gasteiger partial charge is 0.330 e. The van der Waals surface area contributed by atoms with Gasteiger partial charge in [-0.2, -0.15) is 0 Å². The zero-order valence-corrected chi connectivity index (χ0v) is 13.9. The summed E-state index contributed by atoms with van der Waals surface area (Å²) in [7, 11) is -3.51. The standard InChI is InChI=1S/C15H20N2O2S2/c1-3-17(13-6-4-5-12(2)11-13)21(18,19)15-8-7-14(20-15)9-10-16/h4-8,11H,3,9-10,16H2,1-2H3. The molecule has 2 rings (SSSR count).